The van der Waals surface area contributed by atoms with Crippen LogP contribution in [0.5, 0.6) is 0 Å². The second-order valence-corrected chi connectivity index (χ2v) is 11.0. The van der Waals surface area contributed by atoms with Crippen molar-refractivity contribution in [2.45, 2.75) is 46.5 Å². The van der Waals surface area contributed by atoms with Crippen LogP contribution in [0.25, 0.3) is 20.2 Å². The zero-order valence-electron chi connectivity index (χ0n) is 22.0. The van der Waals surface area contributed by atoms with Crippen LogP contribution in [0.1, 0.15) is 74.7 Å². The van der Waals surface area contributed by atoms with Crippen molar-refractivity contribution in [1.29, 1.82) is 0 Å². The minimum absolute atomic E-state index is 0.0301. The fourth-order valence-corrected chi connectivity index (χ4v) is 6.26. The second-order valence-electron chi connectivity index (χ2n) is 9.93. The van der Waals surface area contributed by atoms with Gasteiger partial charge in [-0.25, -0.2) is 0 Å². The van der Waals surface area contributed by atoms with Gasteiger partial charge in [-0.3, -0.25) is 14.4 Å². The maximum Gasteiger partial charge on any atom is 0.195 e. The molecule has 38 heavy (non-hydrogen) atoms. The Balaban J connectivity index is 0.000000158. The topological polar surface area (TPSA) is 51.2 Å². The van der Waals surface area contributed by atoms with E-state index in [1.165, 1.54) is 18.4 Å². The third-order valence-electron chi connectivity index (χ3n) is 7.07. The summed E-state index contributed by atoms with van der Waals surface area (Å²) in [6.07, 6.45) is 4.45. The molecule has 190 valence electrons. The summed E-state index contributed by atoms with van der Waals surface area (Å²) in [4.78, 5) is 37.5. The number of carbonyl (C=O) groups excluding carboxylic acids is 2. The molecule has 0 radical (unpaired) electrons. The molecule has 0 unspecified atom stereocenters. The lowest BCUT2D eigenvalue weighted by atomic mass is 9.83. The largest absolute Gasteiger partial charge is 0.289 e. The molecule has 6 rings (SSSR count). The summed E-state index contributed by atoms with van der Waals surface area (Å²) in [5.74, 6) is -0.0714. The highest BCUT2D eigenvalue weighted by molar-refractivity contribution is 7.24. The number of unbranched alkanes of at least 4 members (excludes halogenated alkanes) is 2. The van der Waals surface area contributed by atoms with Crippen molar-refractivity contribution in [1.82, 2.24) is 0 Å². The summed E-state index contributed by atoms with van der Waals surface area (Å²) >= 11 is 1.70. The predicted molar refractivity (Wildman–Crippen MR) is 158 cm³/mol. The maximum absolute atomic E-state index is 12.6. The number of aryl methyl sites for hydroxylation is 3. The summed E-state index contributed by atoms with van der Waals surface area (Å²) in [5.41, 5.74) is 5.78. The van der Waals surface area contributed by atoms with E-state index >= 15 is 0 Å². The van der Waals surface area contributed by atoms with Crippen LogP contribution in [0.3, 0.4) is 0 Å². The first-order valence-electron chi connectivity index (χ1n) is 13.1. The van der Waals surface area contributed by atoms with Crippen molar-refractivity contribution in [2.75, 3.05) is 0 Å². The first kappa shape index (κ1) is 25.7. The highest BCUT2D eigenvalue weighted by Crippen LogP contribution is 2.29. The summed E-state index contributed by atoms with van der Waals surface area (Å²) in [7, 11) is 0. The van der Waals surface area contributed by atoms with Gasteiger partial charge in [-0.05, 0) is 62.1 Å². The van der Waals surface area contributed by atoms with E-state index in [2.05, 4.69) is 19.9 Å². The van der Waals surface area contributed by atoms with E-state index in [0.717, 1.165) is 44.1 Å². The van der Waals surface area contributed by atoms with Crippen molar-refractivity contribution < 1.29 is 9.59 Å². The summed E-state index contributed by atoms with van der Waals surface area (Å²) < 4.78 is 2.18. The lowest BCUT2D eigenvalue weighted by molar-refractivity contribution is 0.0979. The zero-order valence-corrected chi connectivity index (χ0v) is 22.8. The molecule has 0 bridgehead atoms. The van der Waals surface area contributed by atoms with Crippen molar-refractivity contribution >= 4 is 43.1 Å². The highest BCUT2D eigenvalue weighted by atomic mass is 32.1. The van der Waals surface area contributed by atoms with Gasteiger partial charge in [0.1, 0.15) is 0 Å². The van der Waals surface area contributed by atoms with Crippen LogP contribution >= 0.6 is 11.3 Å². The van der Waals surface area contributed by atoms with Gasteiger partial charge >= 0.3 is 0 Å². The zero-order chi connectivity index (χ0) is 26.8. The Morgan fingerprint density at radius 2 is 1.32 bits per heavy atom. The summed E-state index contributed by atoms with van der Waals surface area (Å²) in [5, 5.41) is 1.68. The summed E-state index contributed by atoms with van der Waals surface area (Å²) in [6, 6.07) is 24.7. The fourth-order valence-electron chi connectivity index (χ4n) is 5.14. The molecule has 0 fully saturated rings. The van der Waals surface area contributed by atoms with Crippen LogP contribution < -0.4 is 5.43 Å². The molecule has 1 aromatic heterocycles. The van der Waals surface area contributed by atoms with Crippen molar-refractivity contribution in [2.24, 2.45) is 0 Å². The standard InChI is InChI=1S/C19H18O2.C15H12OS/c1-2-3-4-7-13-10-11-16-17(12-13)19(21)15-9-6-5-8-14(15)18(16)20;1-9-7-10(2)15-12(8-9)14(16)11-5-3-4-6-13(11)17-15/h5-6,8-12H,2-4,7H2,1H3;3-8H,1-2H3. The van der Waals surface area contributed by atoms with E-state index in [1.54, 1.807) is 35.6 Å². The molecule has 1 aliphatic carbocycles. The molecule has 4 heteroatoms. The molecule has 3 nitrogen and oxygen atoms in total. The molecule has 4 aromatic carbocycles. The highest BCUT2D eigenvalue weighted by Gasteiger charge is 2.29. The molecule has 1 heterocycles. The molecule has 0 aliphatic heterocycles. The van der Waals surface area contributed by atoms with Crippen LogP contribution in [0.2, 0.25) is 0 Å². The van der Waals surface area contributed by atoms with E-state index in [4.69, 9.17) is 0 Å². The van der Waals surface area contributed by atoms with E-state index in [0.29, 0.717) is 22.3 Å². The molecule has 0 atom stereocenters. The number of benzene rings is 4. The third kappa shape index (κ3) is 4.84. The minimum atomic E-state index is -0.0414. The van der Waals surface area contributed by atoms with Gasteiger partial charge in [0, 0.05) is 42.4 Å². The molecule has 5 aromatic rings. The lowest BCUT2D eigenvalue weighted by Gasteiger charge is -2.18. The van der Waals surface area contributed by atoms with Crippen LogP contribution in [-0.4, -0.2) is 11.6 Å². The number of fused-ring (bicyclic) bond motifs is 4. The van der Waals surface area contributed by atoms with Crippen LogP contribution in [0.15, 0.2) is 83.7 Å². The normalized spacial score (nSPS) is 12.2. The van der Waals surface area contributed by atoms with Gasteiger partial charge in [-0.2, -0.15) is 0 Å². The fraction of sp³-hybridized carbons (Fsp3) is 0.206. The first-order valence-corrected chi connectivity index (χ1v) is 13.9. The SMILES string of the molecule is CCCCCc1ccc2c(c1)C(=O)c1ccccc1C2=O.Cc1cc(C)c2sc3ccccc3c(=O)c2c1. The smallest absolute Gasteiger partial charge is 0.195 e. The number of hydrogen-bond donors (Lipinski definition) is 0. The van der Waals surface area contributed by atoms with E-state index in [9.17, 15) is 14.4 Å². The third-order valence-corrected chi connectivity index (χ3v) is 8.39. The van der Waals surface area contributed by atoms with Gasteiger partial charge in [0.25, 0.3) is 0 Å². The monoisotopic (exact) mass is 518 g/mol. The number of carbonyl (C=O) groups is 2. The Bertz CT molecular complexity index is 1760. The quantitative estimate of drug-likeness (QED) is 0.174. The lowest BCUT2D eigenvalue weighted by Crippen LogP contribution is -2.20. The molecule has 0 N–H and O–H groups in total. The van der Waals surface area contributed by atoms with Gasteiger partial charge < -0.3 is 0 Å². The van der Waals surface area contributed by atoms with E-state index < -0.39 is 0 Å². The molecular formula is C34H30O3S. The van der Waals surface area contributed by atoms with Gasteiger partial charge in [0.15, 0.2) is 17.0 Å². The minimum Gasteiger partial charge on any atom is -0.289 e. The molecule has 0 spiro atoms. The second kappa shape index (κ2) is 10.8. The first-order chi connectivity index (χ1) is 18.4. The Labute approximate surface area is 226 Å². The van der Waals surface area contributed by atoms with Gasteiger partial charge in [0.05, 0.1) is 0 Å². The molecule has 0 saturated heterocycles. The maximum atomic E-state index is 12.6. The predicted octanol–water partition coefficient (Wildman–Crippen LogP) is 8.23. The number of ketones is 2. The van der Waals surface area contributed by atoms with Gasteiger partial charge in [0.2, 0.25) is 0 Å². The van der Waals surface area contributed by atoms with Crippen molar-refractivity contribution in [3.05, 3.63) is 128 Å². The summed E-state index contributed by atoms with van der Waals surface area (Å²) in [6.45, 7) is 6.28. The van der Waals surface area contributed by atoms with Crippen molar-refractivity contribution in [3.8, 4) is 0 Å². The molecular weight excluding hydrogens is 488 g/mol. The molecule has 0 amide bonds. The molecule has 1 aliphatic rings. The van der Waals surface area contributed by atoms with Crippen LogP contribution in [0.4, 0.5) is 0 Å². The Hall–Kier alpha value is -3.89. The van der Waals surface area contributed by atoms with Crippen LogP contribution in [-0.2, 0) is 6.42 Å². The average molecular weight is 519 g/mol. The molecule has 0 saturated carbocycles. The number of hydrogen-bond acceptors (Lipinski definition) is 4. The Morgan fingerprint density at radius 3 is 2.05 bits per heavy atom. The van der Waals surface area contributed by atoms with Crippen LogP contribution in [0, 0.1) is 13.8 Å². The van der Waals surface area contributed by atoms with Crippen molar-refractivity contribution in [3.63, 3.8) is 0 Å². The Kier molecular flexibility index (Phi) is 7.35. The van der Waals surface area contributed by atoms with Gasteiger partial charge in [-0.1, -0.05) is 79.9 Å². The van der Waals surface area contributed by atoms with Gasteiger partial charge in [-0.15, -0.1) is 11.3 Å². The Morgan fingerprint density at radius 1 is 0.658 bits per heavy atom. The van der Waals surface area contributed by atoms with E-state index in [1.807, 2.05) is 55.5 Å². The average Bonchev–Trinajstić information content (AvgIpc) is 2.93. The number of rotatable bonds is 4. The van der Waals surface area contributed by atoms with E-state index in [-0.39, 0.29) is 17.0 Å².